The van der Waals surface area contributed by atoms with E-state index in [1.807, 2.05) is 26.8 Å². The summed E-state index contributed by atoms with van der Waals surface area (Å²) in [6.45, 7) is 7.41. The van der Waals surface area contributed by atoms with Crippen molar-refractivity contribution >= 4 is 11.5 Å². The van der Waals surface area contributed by atoms with Crippen molar-refractivity contribution in [2.24, 2.45) is 0 Å². The number of hydrogen-bond donors (Lipinski definition) is 2. The van der Waals surface area contributed by atoms with Crippen LogP contribution in [0.15, 0.2) is 12.3 Å². The number of pyridine rings is 1. The van der Waals surface area contributed by atoms with Crippen LogP contribution in [0.4, 0.5) is 11.5 Å². The Labute approximate surface area is 90.8 Å². The highest BCUT2D eigenvalue weighted by Gasteiger charge is 2.02. The molecule has 0 bridgehead atoms. The largest absolute Gasteiger partial charge is 0.398 e. The molecule has 84 valence electrons. The first kappa shape index (κ1) is 11.8. The van der Waals surface area contributed by atoms with Crippen molar-refractivity contribution in [2.45, 2.75) is 26.9 Å². The molecule has 1 atom stereocenters. The van der Waals surface area contributed by atoms with Gasteiger partial charge in [0.15, 0.2) is 0 Å². The van der Waals surface area contributed by atoms with Crippen LogP contribution in [0.5, 0.6) is 0 Å². The van der Waals surface area contributed by atoms with E-state index in [1.54, 1.807) is 6.20 Å². The van der Waals surface area contributed by atoms with Crippen molar-refractivity contribution in [1.29, 1.82) is 0 Å². The number of anilines is 2. The molecular formula is C11H19N3O. The van der Waals surface area contributed by atoms with E-state index in [1.165, 1.54) is 0 Å². The Balaban J connectivity index is 2.47. The van der Waals surface area contributed by atoms with Crippen molar-refractivity contribution in [3.05, 3.63) is 17.8 Å². The molecule has 0 spiro atoms. The third kappa shape index (κ3) is 3.75. The molecule has 1 rings (SSSR count). The van der Waals surface area contributed by atoms with Gasteiger partial charge >= 0.3 is 0 Å². The zero-order valence-electron chi connectivity index (χ0n) is 9.58. The van der Waals surface area contributed by atoms with Gasteiger partial charge in [-0.15, -0.1) is 0 Å². The molecule has 4 nitrogen and oxygen atoms in total. The van der Waals surface area contributed by atoms with Crippen LogP contribution in [0.1, 0.15) is 19.4 Å². The van der Waals surface area contributed by atoms with Gasteiger partial charge < -0.3 is 15.8 Å². The number of nitrogens with two attached hydrogens (primary N) is 1. The van der Waals surface area contributed by atoms with E-state index in [-0.39, 0.29) is 6.10 Å². The molecule has 1 unspecified atom stereocenters. The standard InChI is InChI=1S/C11H19N3O/c1-4-15-9(3)7-14-11-5-10(12)8(2)6-13-11/h5-6,9H,4,7H2,1-3H3,(H3,12,13,14). The lowest BCUT2D eigenvalue weighted by atomic mass is 10.2. The van der Waals surface area contributed by atoms with Gasteiger partial charge in [0, 0.05) is 31.1 Å². The summed E-state index contributed by atoms with van der Waals surface area (Å²) in [5.41, 5.74) is 7.53. The number of aryl methyl sites for hydroxylation is 1. The molecule has 1 aromatic heterocycles. The summed E-state index contributed by atoms with van der Waals surface area (Å²) in [5.74, 6) is 0.796. The number of nitrogens with one attached hydrogen (secondary N) is 1. The average molecular weight is 209 g/mol. The molecule has 0 radical (unpaired) electrons. The van der Waals surface area contributed by atoms with Gasteiger partial charge in [-0.05, 0) is 26.3 Å². The Morgan fingerprint density at radius 3 is 2.93 bits per heavy atom. The molecule has 3 N–H and O–H groups in total. The van der Waals surface area contributed by atoms with Crippen LogP contribution >= 0.6 is 0 Å². The maximum atomic E-state index is 5.77. The minimum Gasteiger partial charge on any atom is -0.398 e. The van der Waals surface area contributed by atoms with Crippen molar-refractivity contribution in [3.63, 3.8) is 0 Å². The molecule has 1 aromatic rings. The van der Waals surface area contributed by atoms with Crippen LogP contribution in [-0.4, -0.2) is 24.2 Å². The van der Waals surface area contributed by atoms with E-state index in [0.717, 1.165) is 30.2 Å². The quantitative estimate of drug-likeness (QED) is 0.776. The van der Waals surface area contributed by atoms with Gasteiger partial charge in [-0.3, -0.25) is 0 Å². The first-order valence-electron chi connectivity index (χ1n) is 5.21. The summed E-state index contributed by atoms with van der Waals surface area (Å²) in [6, 6.07) is 1.84. The van der Waals surface area contributed by atoms with Crippen molar-refractivity contribution < 1.29 is 4.74 Å². The minimum absolute atomic E-state index is 0.180. The first-order chi connectivity index (χ1) is 7.13. The topological polar surface area (TPSA) is 60.2 Å². The molecule has 0 aliphatic rings. The summed E-state index contributed by atoms with van der Waals surface area (Å²) < 4.78 is 5.40. The molecular weight excluding hydrogens is 190 g/mol. The SMILES string of the molecule is CCOC(C)CNc1cc(N)c(C)cn1. The van der Waals surface area contributed by atoms with Gasteiger partial charge in [0.25, 0.3) is 0 Å². The lowest BCUT2D eigenvalue weighted by Crippen LogP contribution is -2.20. The predicted octanol–water partition coefficient (Wildman–Crippen LogP) is 1.81. The van der Waals surface area contributed by atoms with Gasteiger partial charge in [0.05, 0.1) is 6.10 Å². The third-order valence-corrected chi connectivity index (χ3v) is 2.17. The second-order valence-corrected chi connectivity index (χ2v) is 3.57. The fourth-order valence-corrected chi connectivity index (χ4v) is 1.23. The molecule has 15 heavy (non-hydrogen) atoms. The van der Waals surface area contributed by atoms with E-state index in [4.69, 9.17) is 10.5 Å². The highest BCUT2D eigenvalue weighted by Crippen LogP contribution is 2.13. The summed E-state index contributed by atoms with van der Waals surface area (Å²) in [6.07, 6.45) is 1.95. The Bertz CT molecular complexity index is 315. The van der Waals surface area contributed by atoms with Crippen molar-refractivity contribution in [2.75, 3.05) is 24.2 Å². The zero-order chi connectivity index (χ0) is 11.3. The number of aromatic nitrogens is 1. The predicted molar refractivity (Wildman–Crippen MR) is 63.0 cm³/mol. The fourth-order valence-electron chi connectivity index (χ4n) is 1.23. The normalized spacial score (nSPS) is 12.5. The fraction of sp³-hybridized carbons (Fsp3) is 0.545. The number of nitrogens with zero attached hydrogens (tertiary/aromatic N) is 1. The molecule has 0 aliphatic carbocycles. The van der Waals surface area contributed by atoms with Crippen LogP contribution in [0.25, 0.3) is 0 Å². The number of rotatable bonds is 5. The maximum Gasteiger partial charge on any atom is 0.128 e. The van der Waals surface area contributed by atoms with Crippen LogP contribution < -0.4 is 11.1 Å². The van der Waals surface area contributed by atoms with Gasteiger partial charge in [0.1, 0.15) is 5.82 Å². The van der Waals surface area contributed by atoms with E-state index < -0.39 is 0 Å². The molecule has 0 fully saturated rings. The van der Waals surface area contributed by atoms with Crippen LogP contribution in [0.2, 0.25) is 0 Å². The van der Waals surface area contributed by atoms with Gasteiger partial charge in [-0.2, -0.15) is 0 Å². The monoisotopic (exact) mass is 209 g/mol. The van der Waals surface area contributed by atoms with Gasteiger partial charge in [-0.25, -0.2) is 4.98 Å². The second kappa shape index (κ2) is 5.56. The highest BCUT2D eigenvalue weighted by atomic mass is 16.5. The second-order valence-electron chi connectivity index (χ2n) is 3.57. The summed E-state index contributed by atoms with van der Waals surface area (Å²) in [5, 5.41) is 3.18. The molecule has 4 heteroatoms. The average Bonchev–Trinajstić information content (AvgIpc) is 2.20. The van der Waals surface area contributed by atoms with Crippen molar-refractivity contribution in [1.82, 2.24) is 4.98 Å². The summed E-state index contributed by atoms with van der Waals surface area (Å²) in [7, 11) is 0. The van der Waals surface area contributed by atoms with Crippen LogP contribution in [-0.2, 0) is 4.74 Å². The van der Waals surface area contributed by atoms with E-state index in [0.29, 0.717) is 0 Å². The lowest BCUT2D eigenvalue weighted by Gasteiger charge is -2.13. The maximum absolute atomic E-state index is 5.77. The molecule has 0 aliphatic heterocycles. The molecule has 1 heterocycles. The molecule has 0 amide bonds. The number of nitrogen functional groups attached to an aromatic ring is 1. The third-order valence-electron chi connectivity index (χ3n) is 2.17. The molecule has 0 saturated heterocycles. The van der Waals surface area contributed by atoms with E-state index in [9.17, 15) is 0 Å². The molecule has 0 saturated carbocycles. The Morgan fingerprint density at radius 2 is 2.33 bits per heavy atom. The minimum atomic E-state index is 0.180. The van der Waals surface area contributed by atoms with Crippen molar-refractivity contribution in [3.8, 4) is 0 Å². The molecule has 0 aromatic carbocycles. The zero-order valence-corrected chi connectivity index (χ0v) is 9.58. The smallest absolute Gasteiger partial charge is 0.128 e. The van der Waals surface area contributed by atoms with Gasteiger partial charge in [-0.1, -0.05) is 0 Å². The Morgan fingerprint density at radius 1 is 1.60 bits per heavy atom. The van der Waals surface area contributed by atoms with Crippen LogP contribution in [0, 0.1) is 6.92 Å². The van der Waals surface area contributed by atoms with E-state index in [2.05, 4.69) is 10.3 Å². The number of hydrogen-bond acceptors (Lipinski definition) is 4. The Hall–Kier alpha value is -1.29. The summed E-state index contributed by atoms with van der Waals surface area (Å²) in [4.78, 5) is 4.22. The van der Waals surface area contributed by atoms with E-state index >= 15 is 0 Å². The highest BCUT2D eigenvalue weighted by molar-refractivity contribution is 5.53. The number of ether oxygens (including phenoxy) is 1. The first-order valence-corrected chi connectivity index (χ1v) is 5.21. The van der Waals surface area contributed by atoms with Gasteiger partial charge in [0.2, 0.25) is 0 Å². The van der Waals surface area contributed by atoms with Crippen LogP contribution in [0.3, 0.4) is 0 Å². The lowest BCUT2D eigenvalue weighted by molar-refractivity contribution is 0.0855. The Kier molecular flexibility index (Phi) is 4.37. The summed E-state index contributed by atoms with van der Waals surface area (Å²) >= 11 is 0.